The molecule has 1 unspecified atom stereocenters. The summed E-state index contributed by atoms with van der Waals surface area (Å²) in [4.78, 5) is 20.9. The fourth-order valence-electron chi connectivity index (χ4n) is 3.81. The molecule has 152 valence electrons. The van der Waals surface area contributed by atoms with E-state index in [4.69, 9.17) is 4.98 Å². The normalized spacial score (nSPS) is 16.6. The molecule has 1 fully saturated rings. The number of fused-ring (bicyclic) bond motifs is 1. The Morgan fingerprint density at radius 2 is 1.86 bits per heavy atom. The Morgan fingerprint density at radius 1 is 1.14 bits per heavy atom. The molecule has 2 heterocycles. The number of likely N-dealkylation sites (N-methyl/N-ethyl adjacent to an activating group) is 1. The van der Waals surface area contributed by atoms with Crippen LogP contribution < -0.4 is 15.1 Å². The van der Waals surface area contributed by atoms with E-state index in [1.165, 1.54) is 29.6 Å². The number of piperidine rings is 1. The van der Waals surface area contributed by atoms with E-state index in [9.17, 15) is 4.79 Å². The third kappa shape index (κ3) is 4.77. The van der Waals surface area contributed by atoms with Crippen LogP contribution in [0.1, 0.15) is 37.2 Å². The van der Waals surface area contributed by atoms with Gasteiger partial charge in [0.2, 0.25) is 0 Å². The Balaban J connectivity index is 1.33. The molecule has 0 bridgehead atoms. The van der Waals surface area contributed by atoms with Crippen LogP contribution in [0.25, 0.3) is 10.2 Å². The number of nitrogens with zero attached hydrogens (tertiary/aromatic N) is 2. The molecule has 29 heavy (non-hydrogen) atoms. The molecule has 1 amide bonds. The molecule has 0 spiro atoms. The second kappa shape index (κ2) is 8.93. The average molecular weight is 410 g/mol. The largest absolute Gasteiger partial charge is 0.372 e. The topological polar surface area (TPSA) is 49.7 Å². The summed E-state index contributed by atoms with van der Waals surface area (Å²) >= 11 is 1.71. The number of thiazole rings is 1. The van der Waals surface area contributed by atoms with Gasteiger partial charge >= 0.3 is 0 Å². The second-order valence-corrected chi connectivity index (χ2v) is 8.97. The van der Waals surface area contributed by atoms with Crippen LogP contribution in [-0.4, -0.2) is 37.6 Å². The molecule has 1 aliphatic rings. The summed E-state index contributed by atoms with van der Waals surface area (Å²) in [6.07, 6.45) is 3.86. The van der Waals surface area contributed by atoms with Crippen LogP contribution in [0.15, 0.2) is 48.5 Å². The standard InChI is InChI=1S/C23H28N4OS/c1-17(23-25-20-8-4-5-9-21(20)29-23)26(2)16-22(28)24-18-10-12-19(13-11-18)27-14-6-3-7-15-27/h4-5,8-13,17H,3,6-7,14-16H2,1-2H3,(H,24,28)/p+1/t17-/m0/s1. The molecular weight excluding hydrogens is 380 g/mol. The van der Waals surface area contributed by atoms with Crippen molar-refractivity contribution in [3.63, 3.8) is 0 Å². The minimum atomic E-state index is 0.0289. The number of benzene rings is 2. The van der Waals surface area contributed by atoms with Gasteiger partial charge in [-0.25, -0.2) is 4.98 Å². The number of rotatable bonds is 6. The van der Waals surface area contributed by atoms with Gasteiger partial charge in [-0.1, -0.05) is 12.1 Å². The Labute approximate surface area is 176 Å². The Bertz CT molecular complexity index is 929. The van der Waals surface area contributed by atoms with Crippen LogP contribution in [0, 0.1) is 0 Å². The number of aromatic nitrogens is 1. The maximum Gasteiger partial charge on any atom is 0.279 e. The van der Waals surface area contributed by atoms with Crippen LogP contribution >= 0.6 is 11.3 Å². The van der Waals surface area contributed by atoms with Crippen LogP contribution in [0.2, 0.25) is 0 Å². The summed E-state index contributed by atoms with van der Waals surface area (Å²) in [6, 6.07) is 16.6. The van der Waals surface area contributed by atoms with Gasteiger partial charge in [0.1, 0.15) is 6.04 Å². The molecule has 3 aromatic rings. The number of carbonyl (C=O) groups excluding carboxylic acids is 1. The van der Waals surface area contributed by atoms with Crippen LogP contribution in [0.3, 0.4) is 0 Å². The second-order valence-electron chi connectivity index (χ2n) is 7.91. The Morgan fingerprint density at radius 3 is 2.59 bits per heavy atom. The minimum absolute atomic E-state index is 0.0289. The van der Waals surface area contributed by atoms with E-state index in [1.54, 1.807) is 11.3 Å². The van der Waals surface area contributed by atoms with Crippen molar-refractivity contribution in [2.24, 2.45) is 0 Å². The number of amides is 1. The average Bonchev–Trinajstić information content (AvgIpc) is 3.18. The maximum absolute atomic E-state index is 12.6. The minimum Gasteiger partial charge on any atom is -0.372 e. The third-order valence-corrected chi connectivity index (χ3v) is 6.95. The van der Waals surface area contributed by atoms with Crippen molar-refractivity contribution in [1.29, 1.82) is 0 Å². The Hall–Kier alpha value is -2.44. The molecule has 2 atom stereocenters. The van der Waals surface area contributed by atoms with Gasteiger partial charge in [-0.3, -0.25) is 4.79 Å². The lowest BCUT2D eigenvalue weighted by atomic mass is 10.1. The van der Waals surface area contributed by atoms with E-state index >= 15 is 0 Å². The first-order chi connectivity index (χ1) is 14.1. The summed E-state index contributed by atoms with van der Waals surface area (Å²) in [6.45, 7) is 4.80. The predicted molar refractivity (Wildman–Crippen MR) is 121 cm³/mol. The zero-order chi connectivity index (χ0) is 20.2. The maximum atomic E-state index is 12.6. The molecule has 0 saturated carbocycles. The molecule has 1 aliphatic heterocycles. The highest BCUT2D eigenvalue weighted by Crippen LogP contribution is 2.25. The number of nitrogens with one attached hydrogen (secondary N) is 2. The summed E-state index contributed by atoms with van der Waals surface area (Å²) in [5.41, 5.74) is 3.14. The first-order valence-electron chi connectivity index (χ1n) is 10.4. The van der Waals surface area contributed by atoms with Crippen molar-refractivity contribution >= 4 is 38.8 Å². The molecule has 2 aromatic carbocycles. The fourth-order valence-corrected chi connectivity index (χ4v) is 4.92. The van der Waals surface area contributed by atoms with E-state index in [0.717, 1.165) is 34.2 Å². The lowest BCUT2D eigenvalue weighted by molar-refractivity contribution is -0.902. The van der Waals surface area contributed by atoms with E-state index < -0.39 is 0 Å². The molecule has 2 N–H and O–H groups in total. The number of hydrogen-bond acceptors (Lipinski definition) is 4. The number of para-hydroxylation sites is 1. The van der Waals surface area contributed by atoms with E-state index in [0.29, 0.717) is 6.54 Å². The summed E-state index contributed by atoms with van der Waals surface area (Å²) in [5, 5.41) is 4.11. The van der Waals surface area contributed by atoms with Gasteiger partial charge in [0.25, 0.3) is 5.91 Å². The van der Waals surface area contributed by atoms with E-state index in [1.807, 2.05) is 30.3 Å². The third-order valence-electron chi connectivity index (χ3n) is 5.73. The number of carbonyl (C=O) groups is 1. The molecule has 1 aromatic heterocycles. The van der Waals surface area contributed by atoms with Crippen molar-refractivity contribution in [1.82, 2.24) is 4.98 Å². The molecule has 0 radical (unpaired) electrons. The van der Waals surface area contributed by atoms with Gasteiger partial charge in [-0.2, -0.15) is 0 Å². The molecule has 0 aliphatic carbocycles. The lowest BCUT2D eigenvalue weighted by Gasteiger charge is -2.28. The van der Waals surface area contributed by atoms with Gasteiger partial charge in [-0.15, -0.1) is 11.3 Å². The highest BCUT2D eigenvalue weighted by atomic mass is 32.1. The van der Waals surface area contributed by atoms with Crippen molar-refractivity contribution < 1.29 is 9.69 Å². The zero-order valence-electron chi connectivity index (χ0n) is 17.1. The summed E-state index contributed by atoms with van der Waals surface area (Å²) < 4.78 is 1.19. The number of quaternary nitrogens is 1. The Kier molecular flexibility index (Phi) is 6.11. The summed E-state index contributed by atoms with van der Waals surface area (Å²) in [7, 11) is 2.05. The van der Waals surface area contributed by atoms with Gasteiger partial charge in [-0.05, 0) is 62.6 Å². The van der Waals surface area contributed by atoms with E-state index in [2.05, 4.69) is 42.4 Å². The molecule has 1 saturated heterocycles. The SMILES string of the molecule is C[C@@H](c1nc2ccccc2s1)[NH+](C)CC(=O)Nc1ccc(N2CCCCC2)cc1. The van der Waals surface area contributed by atoms with Crippen LogP contribution in [-0.2, 0) is 4.79 Å². The molecule has 5 nitrogen and oxygen atoms in total. The van der Waals surface area contributed by atoms with Crippen LogP contribution in [0.5, 0.6) is 0 Å². The zero-order valence-corrected chi connectivity index (χ0v) is 18.0. The lowest BCUT2D eigenvalue weighted by Crippen LogP contribution is -3.10. The van der Waals surface area contributed by atoms with Crippen molar-refractivity contribution in [2.75, 3.05) is 36.9 Å². The first kappa shape index (κ1) is 19.9. The first-order valence-corrected chi connectivity index (χ1v) is 11.2. The van der Waals surface area contributed by atoms with Gasteiger partial charge < -0.3 is 15.1 Å². The van der Waals surface area contributed by atoms with Gasteiger partial charge in [0.05, 0.1) is 17.3 Å². The molecule has 6 heteroatoms. The van der Waals surface area contributed by atoms with Crippen LogP contribution in [0.4, 0.5) is 11.4 Å². The fraction of sp³-hybridized carbons (Fsp3) is 0.391. The van der Waals surface area contributed by atoms with Crippen molar-refractivity contribution in [3.8, 4) is 0 Å². The quantitative estimate of drug-likeness (QED) is 0.655. The van der Waals surface area contributed by atoms with Gasteiger partial charge in [0.15, 0.2) is 11.6 Å². The van der Waals surface area contributed by atoms with Crippen molar-refractivity contribution in [2.45, 2.75) is 32.2 Å². The molecular formula is C23H29N4OS+. The molecule has 4 rings (SSSR count). The van der Waals surface area contributed by atoms with Gasteiger partial charge in [0, 0.05) is 24.5 Å². The smallest absolute Gasteiger partial charge is 0.279 e. The monoisotopic (exact) mass is 409 g/mol. The number of hydrogen-bond donors (Lipinski definition) is 2. The highest BCUT2D eigenvalue weighted by Gasteiger charge is 2.22. The summed E-state index contributed by atoms with van der Waals surface area (Å²) in [5.74, 6) is 0.0289. The van der Waals surface area contributed by atoms with E-state index in [-0.39, 0.29) is 11.9 Å². The van der Waals surface area contributed by atoms with Crippen molar-refractivity contribution in [3.05, 3.63) is 53.5 Å². The predicted octanol–water partition coefficient (Wildman–Crippen LogP) is 3.50. The number of anilines is 2. The highest BCUT2D eigenvalue weighted by molar-refractivity contribution is 7.18.